The van der Waals surface area contributed by atoms with Gasteiger partial charge in [-0.25, -0.2) is 4.84 Å². The molecule has 0 fully saturated rings. The van der Waals surface area contributed by atoms with Crippen LogP contribution >= 0.6 is 0 Å². The van der Waals surface area contributed by atoms with E-state index in [4.69, 9.17) is 0 Å². The van der Waals surface area contributed by atoms with Gasteiger partial charge in [0.2, 0.25) is 0 Å². The van der Waals surface area contributed by atoms with Crippen molar-refractivity contribution < 1.29 is 19.6 Å². The third kappa shape index (κ3) is 2.46. The smallest absolute Gasteiger partial charge is 0.262 e. The number of rotatable bonds is 3. The fourth-order valence-electron chi connectivity index (χ4n) is 0.922. The van der Waals surface area contributed by atoms with Crippen LogP contribution in [-0.2, 0) is 4.84 Å². The summed E-state index contributed by atoms with van der Waals surface area (Å²) in [4.78, 5) is 34.1. The standard InChI is InChI=1S/C7H4N2O6/c10-7(15-9(13)14)5-3-1-2-4-6(5)8(11)12/h1-4H. The Labute approximate surface area is 82.3 Å². The molecule has 0 spiro atoms. The van der Waals surface area contributed by atoms with Gasteiger partial charge in [0.25, 0.3) is 5.69 Å². The van der Waals surface area contributed by atoms with Crippen molar-refractivity contribution in [3.05, 3.63) is 50.1 Å². The summed E-state index contributed by atoms with van der Waals surface area (Å²) in [6.45, 7) is 0. The van der Waals surface area contributed by atoms with Crippen LogP contribution < -0.4 is 0 Å². The monoisotopic (exact) mass is 212 g/mol. The topological polar surface area (TPSA) is 113 Å². The molecule has 8 nitrogen and oxygen atoms in total. The number of hydrogen-bond acceptors (Lipinski definition) is 6. The molecule has 8 heteroatoms. The lowest BCUT2D eigenvalue weighted by molar-refractivity contribution is -0.727. The fourth-order valence-corrected chi connectivity index (χ4v) is 0.922. The minimum absolute atomic E-state index is 0.459. The van der Waals surface area contributed by atoms with Crippen LogP contribution in [0.3, 0.4) is 0 Å². The Balaban J connectivity index is 3.08. The van der Waals surface area contributed by atoms with Gasteiger partial charge in [0.1, 0.15) is 5.56 Å². The van der Waals surface area contributed by atoms with E-state index in [1.54, 1.807) is 0 Å². The minimum Gasteiger partial charge on any atom is -0.262 e. The van der Waals surface area contributed by atoms with Crippen molar-refractivity contribution in [2.45, 2.75) is 0 Å². The number of nitro benzene ring substituents is 1. The molecule has 0 N–H and O–H groups in total. The van der Waals surface area contributed by atoms with E-state index in [0.717, 1.165) is 12.1 Å². The summed E-state index contributed by atoms with van der Waals surface area (Å²) in [5.41, 5.74) is -0.997. The number of carbonyl (C=O) groups excluding carboxylic acids is 1. The van der Waals surface area contributed by atoms with Gasteiger partial charge in [-0.15, -0.1) is 10.1 Å². The van der Waals surface area contributed by atoms with Crippen molar-refractivity contribution in [2.75, 3.05) is 0 Å². The Morgan fingerprint density at radius 1 is 1.20 bits per heavy atom. The van der Waals surface area contributed by atoms with E-state index in [9.17, 15) is 25.0 Å². The molecule has 1 aromatic carbocycles. The Hall–Kier alpha value is -2.51. The van der Waals surface area contributed by atoms with Crippen molar-refractivity contribution in [1.29, 1.82) is 0 Å². The van der Waals surface area contributed by atoms with Crippen LogP contribution in [0.2, 0.25) is 0 Å². The molecule has 0 amide bonds. The van der Waals surface area contributed by atoms with E-state index in [1.807, 2.05) is 0 Å². The Kier molecular flexibility index (Phi) is 2.91. The van der Waals surface area contributed by atoms with E-state index in [2.05, 4.69) is 4.84 Å². The quantitative estimate of drug-likeness (QED) is 0.544. The normalized spacial score (nSPS) is 9.33. The van der Waals surface area contributed by atoms with E-state index in [1.165, 1.54) is 12.1 Å². The SMILES string of the molecule is O=C(O[N+](=O)[O-])c1ccccc1[N+](=O)[O-]. The summed E-state index contributed by atoms with van der Waals surface area (Å²) in [6, 6.07) is 4.80. The highest BCUT2D eigenvalue weighted by molar-refractivity contribution is 5.93. The molecule has 0 radical (unpaired) electrons. The van der Waals surface area contributed by atoms with Crippen LogP contribution in [0.5, 0.6) is 0 Å². The third-order valence-corrected chi connectivity index (χ3v) is 1.48. The van der Waals surface area contributed by atoms with Gasteiger partial charge in [-0.2, -0.15) is 0 Å². The van der Waals surface area contributed by atoms with Crippen LogP contribution in [0, 0.1) is 20.2 Å². The highest BCUT2D eigenvalue weighted by atomic mass is 17.0. The predicted octanol–water partition coefficient (Wildman–Crippen LogP) is 0.943. The molecule has 1 rings (SSSR count). The molecule has 0 saturated heterocycles. The molecule has 0 unspecified atom stereocenters. The number of nitro groups is 1. The summed E-state index contributed by atoms with van der Waals surface area (Å²) in [5, 5.41) is 19.0. The number of benzene rings is 1. The van der Waals surface area contributed by atoms with E-state index in [-0.39, 0.29) is 0 Å². The zero-order valence-corrected chi connectivity index (χ0v) is 7.15. The van der Waals surface area contributed by atoms with Crippen molar-refractivity contribution in [2.24, 2.45) is 0 Å². The molecule has 0 aliphatic carbocycles. The van der Waals surface area contributed by atoms with Crippen LogP contribution in [-0.4, -0.2) is 16.0 Å². The predicted molar refractivity (Wildman–Crippen MR) is 45.5 cm³/mol. The number of para-hydroxylation sites is 1. The van der Waals surface area contributed by atoms with Gasteiger partial charge >= 0.3 is 11.1 Å². The molecule has 0 aromatic heterocycles. The first-order valence-corrected chi connectivity index (χ1v) is 3.62. The third-order valence-electron chi connectivity index (χ3n) is 1.48. The van der Waals surface area contributed by atoms with Gasteiger partial charge in [-0.3, -0.25) is 14.9 Å². The zero-order valence-electron chi connectivity index (χ0n) is 7.15. The van der Waals surface area contributed by atoms with Crippen LogP contribution in [0.1, 0.15) is 10.4 Å². The van der Waals surface area contributed by atoms with Gasteiger partial charge < -0.3 is 0 Å². The van der Waals surface area contributed by atoms with E-state index < -0.39 is 27.2 Å². The number of hydrogen-bond donors (Lipinski definition) is 0. The Bertz CT molecular complexity index is 429. The molecule has 15 heavy (non-hydrogen) atoms. The Morgan fingerprint density at radius 3 is 2.33 bits per heavy atom. The first kappa shape index (κ1) is 10.6. The van der Waals surface area contributed by atoms with Gasteiger partial charge in [-0.1, -0.05) is 12.1 Å². The molecule has 0 bridgehead atoms. The molecular formula is C7H4N2O6. The molecule has 0 atom stereocenters. The Morgan fingerprint density at radius 2 is 1.80 bits per heavy atom. The zero-order chi connectivity index (χ0) is 11.4. The van der Waals surface area contributed by atoms with Gasteiger partial charge in [0.05, 0.1) is 4.92 Å². The second-order valence-corrected chi connectivity index (χ2v) is 2.38. The molecule has 0 heterocycles. The second-order valence-electron chi connectivity index (χ2n) is 2.38. The highest BCUT2D eigenvalue weighted by Gasteiger charge is 2.21. The van der Waals surface area contributed by atoms with Crippen molar-refractivity contribution in [1.82, 2.24) is 0 Å². The summed E-state index contributed by atoms with van der Waals surface area (Å²) in [6.07, 6.45) is 0. The van der Waals surface area contributed by atoms with Gasteiger partial charge in [0.15, 0.2) is 0 Å². The summed E-state index contributed by atoms with van der Waals surface area (Å²) >= 11 is 0. The average Bonchev–Trinajstić information content (AvgIpc) is 2.16. The molecule has 0 saturated carbocycles. The number of nitrogens with zero attached hydrogens (tertiary/aromatic N) is 2. The molecular weight excluding hydrogens is 208 g/mol. The molecule has 0 aliphatic heterocycles. The minimum atomic E-state index is -1.37. The molecule has 78 valence electrons. The van der Waals surface area contributed by atoms with Crippen LogP contribution in [0.4, 0.5) is 5.69 Å². The van der Waals surface area contributed by atoms with Crippen LogP contribution in [0.25, 0.3) is 0 Å². The average molecular weight is 212 g/mol. The summed E-state index contributed by atoms with van der Waals surface area (Å²) in [5.74, 6) is -1.37. The number of carbonyl (C=O) groups is 1. The first-order valence-electron chi connectivity index (χ1n) is 3.62. The maximum absolute atomic E-state index is 11.0. The molecule has 1 aromatic rings. The van der Waals surface area contributed by atoms with Crippen molar-refractivity contribution >= 4 is 11.7 Å². The van der Waals surface area contributed by atoms with E-state index in [0.29, 0.717) is 0 Å². The van der Waals surface area contributed by atoms with Crippen LogP contribution in [0.15, 0.2) is 24.3 Å². The summed E-state index contributed by atoms with van der Waals surface area (Å²) < 4.78 is 0. The fraction of sp³-hybridized carbons (Fsp3) is 0. The second kappa shape index (κ2) is 4.13. The maximum Gasteiger partial charge on any atom is 0.341 e. The largest absolute Gasteiger partial charge is 0.341 e. The van der Waals surface area contributed by atoms with Crippen molar-refractivity contribution in [3.8, 4) is 0 Å². The molecule has 0 aliphatic rings. The lowest BCUT2D eigenvalue weighted by Gasteiger charge is -1.98. The summed E-state index contributed by atoms with van der Waals surface area (Å²) in [7, 11) is 0. The first-order chi connectivity index (χ1) is 7.02. The lowest BCUT2D eigenvalue weighted by atomic mass is 10.2. The van der Waals surface area contributed by atoms with E-state index >= 15 is 0 Å². The lowest BCUT2D eigenvalue weighted by Crippen LogP contribution is -2.12. The maximum atomic E-state index is 11.0. The highest BCUT2D eigenvalue weighted by Crippen LogP contribution is 2.18. The van der Waals surface area contributed by atoms with Gasteiger partial charge in [0, 0.05) is 6.07 Å². The van der Waals surface area contributed by atoms with Crippen molar-refractivity contribution in [3.63, 3.8) is 0 Å². The van der Waals surface area contributed by atoms with Gasteiger partial charge in [-0.05, 0) is 6.07 Å².